The molecule has 1 fully saturated rings. The van der Waals surface area contributed by atoms with Crippen molar-refractivity contribution in [2.45, 2.75) is 269 Å². The van der Waals surface area contributed by atoms with E-state index in [0.717, 1.165) is 38.5 Å². The third-order valence-corrected chi connectivity index (χ3v) is 11.7. The first kappa shape index (κ1) is 55.5. The molecular formula is C49H92O10. The van der Waals surface area contributed by atoms with Gasteiger partial charge in [0.05, 0.1) is 13.2 Å². The fourth-order valence-corrected chi connectivity index (χ4v) is 7.71. The van der Waals surface area contributed by atoms with Crippen molar-refractivity contribution in [3.05, 3.63) is 12.2 Å². The van der Waals surface area contributed by atoms with Gasteiger partial charge in [0.25, 0.3) is 0 Å². The number of hydrogen-bond donors (Lipinski definition) is 4. The molecule has 10 heteroatoms. The van der Waals surface area contributed by atoms with Gasteiger partial charge in [0.2, 0.25) is 0 Å². The van der Waals surface area contributed by atoms with E-state index >= 15 is 0 Å². The molecule has 2 unspecified atom stereocenters. The van der Waals surface area contributed by atoms with Crippen molar-refractivity contribution in [3.8, 4) is 0 Å². The molecule has 59 heavy (non-hydrogen) atoms. The summed E-state index contributed by atoms with van der Waals surface area (Å²) in [5.41, 5.74) is 0. The van der Waals surface area contributed by atoms with Gasteiger partial charge < -0.3 is 39.4 Å². The summed E-state index contributed by atoms with van der Waals surface area (Å²) in [6, 6.07) is 0. The predicted octanol–water partition coefficient (Wildman–Crippen LogP) is 11.1. The second-order valence-corrected chi connectivity index (χ2v) is 17.3. The van der Waals surface area contributed by atoms with Crippen molar-refractivity contribution >= 4 is 11.9 Å². The van der Waals surface area contributed by atoms with Crippen molar-refractivity contribution in [2.75, 3.05) is 19.8 Å². The van der Waals surface area contributed by atoms with Crippen molar-refractivity contribution in [1.29, 1.82) is 0 Å². The van der Waals surface area contributed by atoms with Gasteiger partial charge in [-0.15, -0.1) is 0 Å². The Kier molecular flexibility index (Phi) is 38.1. The van der Waals surface area contributed by atoms with E-state index in [2.05, 4.69) is 26.0 Å². The molecule has 1 aliphatic rings. The summed E-state index contributed by atoms with van der Waals surface area (Å²) in [4.78, 5) is 25.4. The lowest BCUT2D eigenvalue weighted by atomic mass is 9.99. The molecule has 348 valence electrons. The fourth-order valence-electron chi connectivity index (χ4n) is 7.71. The molecule has 0 aromatic carbocycles. The Balaban J connectivity index is 2.28. The molecule has 0 spiro atoms. The van der Waals surface area contributed by atoms with Gasteiger partial charge in [-0.25, -0.2) is 0 Å². The van der Waals surface area contributed by atoms with Crippen LogP contribution in [0, 0.1) is 0 Å². The number of ether oxygens (including phenoxy) is 4. The Morgan fingerprint density at radius 3 is 1.36 bits per heavy atom. The molecule has 0 saturated carbocycles. The third-order valence-electron chi connectivity index (χ3n) is 11.7. The van der Waals surface area contributed by atoms with Gasteiger partial charge in [-0.05, 0) is 38.5 Å². The smallest absolute Gasteiger partial charge is 0.306 e. The van der Waals surface area contributed by atoms with E-state index in [9.17, 15) is 30.0 Å². The Bertz CT molecular complexity index is 974. The number of carbonyl (C=O) groups is 2. The Labute approximate surface area is 361 Å². The predicted molar refractivity (Wildman–Crippen MR) is 238 cm³/mol. The van der Waals surface area contributed by atoms with E-state index in [1.165, 1.54) is 154 Å². The summed E-state index contributed by atoms with van der Waals surface area (Å²) in [5.74, 6) is -0.819. The minimum absolute atomic E-state index is 0.222. The standard InChI is InChI=1S/C49H92O10/c1-3-5-7-9-11-13-15-17-19-20-21-22-24-26-28-30-32-34-36-38-45(52)58-42(41-57-49-48(55)47(54)46(53)43(39-50)59-49)40-56-44(51)37-35-33-31-29-27-25-23-18-16-14-12-10-8-6-4-2/h27,29,42-43,46-50,53-55H,3-26,28,30-41H2,1-2H3/b29-27+/t42-,43-,46+,47?,48?,49-/m1/s1. The molecule has 1 saturated heterocycles. The summed E-state index contributed by atoms with van der Waals surface area (Å²) < 4.78 is 22.2. The SMILES string of the molecule is CCCCCCCCCCC/C=C/CCCCC(=O)OC[C@H](CO[C@@H]1O[C@H](CO)[C@H](O)C(O)C1O)OC(=O)CCCCCCCCCCCCCCCCCCCCC. The first-order valence-corrected chi connectivity index (χ1v) is 24.8. The minimum atomic E-state index is -1.59. The normalized spacial score (nSPS) is 20.0. The summed E-state index contributed by atoms with van der Waals surface area (Å²) in [7, 11) is 0. The lowest BCUT2D eigenvalue weighted by molar-refractivity contribution is -0.305. The number of rotatable bonds is 42. The average molecular weight is 841 g/mol. The third kappa shape index (κ3) is 31.9. The van der Waals surface area contributed by atoms with E-state index in [1.54, 1.807) is 0 Å². The first-order valence-electron chi connectivity index (χ1n) is 24.8. The van der Waals surface area contributed by atoms with Crippen LogP contribution in [0.5, 0.6) is 0 Å². The second kappa shape index (κ2) is 40.5. The van der Waals surface area contributed by atoms with E-state index in [0.29, 0.717) is 12.8 Å². The molecule has 0 aromatic rings. The molecule has 1 heterocycles. The van der Waals surface area contributed by atoms with Crippen LogP contribution in [-0.2, 0) is 28.5 Å². The summed E-state index contributed by atoms with van der Waals surface area (Å²) >= 11 is 0. The van der Waals surface area contributed by atoms with E-state index < -0.39 is 55.4 Å². The Hall–Kier alpha value is -1.56. The molecule has 6 atom stereocenters. The van der Waals surface area contributed by atoms with Crippen molar-refractivity contribution in [1.82, 2.24) is 0 Å². The van der Waals surface area contributed by atoms with Crippen LogP contribution in [0.1, 0.15) is 232 Å². The number of allylic oxidation sites excluding steroid dienone is 2. The number of aliphatic hydroxyl groups is 4. The largest absolute Gasteiger partial charge is 0.462 e. The highest BCUT2D eigenvalue weighted by Gasteiger charge is 2.44. The molecule has 0 bridgehead atoms. The lowest BCUT2D eigenvalue weighted by Gasteiger charge is -2.39. The van der Waals surface area contributed by atoms with Gasteiger partial charge >= 0.3 is 11.9 Å². The Morgan fingerprint density at radius 2 is 0.898 bits per heavy atom. The van der Waals surface area contributed by atoms with Gasteiger partial charge in [0, 0.05) is 12.8 Å². The molecule has 0 radical (unpaired) electrons. The van der Waals surface area contributed by atoms with Crippen LogP contribution < -0.4 is 0 Å². The van der Waals surface area contributed by atoms with Crippen LogP contribution in [0.4, 0.5) is 0 Å². The van der Waals surface area contributed by atoms with Crippen molar-refractivity contribution in [2.24, 2.45) is 0 Å². The number of hydrogen-bond acceptors (Lipinski definition) is 10. The monoisotopic (exact) mass is 841 g/mol. The number of aliphatic hydroxyl groups excluding tert-OH is 4. The number of unbranched alkanes of at least 4 members (excludes halogenated alkanes) is 29. The lowest BCUT2D eigenvalue weighted by Crippen LogP contribution is -2.59. The molecule has 0 aliphatic carbocycles. The molecule has 10 nitrogen and oxygen atoms in total. The Morgan fingerprint density at radius 1 is 0.508 bits per heavy atom. The maximum Gasteiger partial charge on any atom is 0.306 e. The van der Waals surface area contributed by atoms with Crippen LogP contribution in [0.15, 0.2) is 12.2 Å². The van der Waals surface area contributed by atoms with Crippen molar-refractivity contribution in [3.63, 3.8) is 0 Å². The maximum atomic E-state index is 12.8. The summed E-state index contributed by atoms with van der Waals surface area (Å²) in [6.45, 7) is 3.44. The number of carbonyl (C=O) groups excluding carboxylic acids is 2. The maximum absolute atomic E-state index is 12.8. The number of esters is 2. The van der Waals surface area contributed by atoms with Crippen molar-refractivity contribution < 1.29 is 49.0 Å². The molecule has 0 amide bonds. The highest BCUT2D eigenvalue weighted by atomic mass is 16.7. The van der Waals surface area contributed by atoms with E-state index in [-0.39, 0.29) is 26.1 Å². The van der Waals surface area contributed by atoms with E-state index in [1.807, 2.05) is 0 Å². The second-order valence-electron chi connectivity index (χ2n) is 17.3. The van der Waals surface area contributed by atoms with Crippen LogP contribution in [0.2, 0.25) is 0 Å². The quantitative estimate of drug-likeness (QED) is 0.0265. The zero-order valence-corrected chi connectivity index (χ0v) is 38.0. The first-order chi connectivity index (χ1) is 28.8. The van der Waals surface area contributed by atoms with Gasteiger partial charge in [0.1, 0.15) is 31.0 Å². The summed E-state index contributed by atoms with van der Waals surface area (Å²) in [6.07, 6.45) is 36.5. The highest BCUT2D eigenvalue weighted by molar-refractivity contribution is 5.70. The molecule has 1 aliphatic heterocycles. The highest BCUT2D eigenvalue weighted by Crippen LogP contribution is 2.23. The van der Waals surface area contributed by atoms with Gasteiger partial charge in [-0.1, -0.05) is 193 Å². The molecular weight excluding hydrogens is 749 g/mol. The van der Waals surface area contributed by atoms with E-state index in [4.69, 9.17) is 18.9 Å². The van der Waals surface area contributed by atoms with Crippen LogP contribution in [0.25, 0.3) is 0 Å². The summed E-state index contributed by atoms with van der Waals surface area (Å²) in [5, 5.41) is 40.1. The van der Waals surface area contributed by atoms with Gasteiger partial charge in [-0.3, -0.25) is 9.59 Å². The average Bonchev–Trinajstić information content (AvgIpc) is 3.23. The van der Waals surface area contributed by atoms with Gasteiger partial charge in [0.15, 0.2) is 12.4 Å². The minimum Gasteiger partial charge on any atom is -0.462 e. The zero-order chi connectivity index (χ0) is 43.0. The fraction of sp³-hybridized carbons (Fsp3) is 0.918. The zero-order valence-electron chi connectivity index (χ0n) is 38.0. The van der Waals surface area contributed by atoms with Crippen LogP contribution in [0.3, 0.4) is 0 Å². The topological polar surface area (TPSA) is 152 Å². The molecule has 0 aromatic heterocycles. The van der Waals surface area contributed by atoms with Crippen LogP contribution in [-0.4, -0.2) is 89.0 Å². The molecule has 1 rings (SSSR count). The molecule has 4 N–H and O–H groups in total. The van der Waals surface area contributed by atoms with Gasteiger partial charge in [-0.2, -0.15) is 0 Å². The van der Waals surface area contributed by atoms with Crippen LogP contribution >= 0.6 is 0 Å².